The van der Waals surface area contributed by atoms with Crippen LogP contribution >= 0.6 is 21.8 Å². The van der Waals surface area contributed by atoms with Crippen LogP contribution in [0.1, 0.15) is 0 Å². The van der Waals surface area contributed by atoms with Crippen LogP contribution in [-0.4, -0.2) is 26.1 Å². The molecule has 0 amide bonds. The van der Waals surface area contributed by atoms with Gasteiger partial charge in [0.15, 0.2) is 0 Å². The average Bonchev–Trinajstić information content (AvgIpc) is 1.98. The maximum Gasteiger partial charge on any atom is 0.396 e. The van der Waals surface area contributed by atoms with E-state index in [0.29, 0.717) is 0 Å². The van der Waals surface area contributed by atoms with Crippen LogP contribution in [0.15, 0.2) is 0 Å². The maximum absolute atomic E-state index is 11.5. The Hall–Kier alpha value is 0.350. The summed E-state index contributed by atoms with van der Waals surface area (Å²) < 4.78 is 64.8. The molecule has 0 aliphatic heterocycles. The molecule has 0 atom stereocenters. The second-order valence-electron chi connectivity index (χ2n) is 1.80. The predicted octanol–water partition coefficient (Wildman–Crippen LogP) is 3.05. The van der Waals surface area contributed by atoms with Gasteiger partial charge in [-0.15, -0.1) is 0 Å². The van der Waals surface area contributed by atoms with Crippen LogP contribution in [0, 0.1) is 0 Å². The van der Waals surface area contributed by atoms with Gasteiger partial charge in [0.2, 0.25) is 0 Å². The third-order valence-electron chi connectivity index (χ3n) is 0.709. The van der Waals surface area contributed by atoms with E-state index in [1.54, 1.807) is 0 Å². The van der Waals surface area contributed by atoms with Crippen LogP contribution in [0.25, 0.3) is 0 Å². The first-order chi connectivity index (χ1) is 5.83. The Morgan fingerprint density at radius 3 is 1.62 bits per heavy atom. The van der Waals surface area contributed by atoms with Gasteiger partial charge in [0.05, 0.1) is 0 Å². The molecular formula is C4H6BrF4O3P. The number of rotatable bonds is 6. The highest BCUT2D eigenvalue weighted by atomic mass is 79.9. The lowest BCUT2D eigenvalue weighted by Crippen LogP contribution is -2.05. The average molecular weight is 289 g/mol. The lowest BCUT2D eigenvalue weighted by atomic mass is 10.8. The SMILES string of the molecule is O=P(Br)(OCC(F)F)OCC(F)F. The van der Waals surface area contributed by atoms with E-state index in [4.69, 9.17) is 0 Å². The molecule has 0 rings (SSSR count). The van der Waals surface area contributed by atoms with Gasteiger partial charge in [-0.25, -0.2) is 22.1 Å². The van der Waals surface area contributed by atoms with Gasteiger partial charge in [-0.05, 0) is 0 Å². The Kier molecular flexibility index (Phi) is 6.11. The van der Waals surface area contributed by atoms with Crippen LogP contribution in [-0.2, 0) is 13.6 Å². The molecule has 0 aromatic carbocycles. The molecule has 3 nitrogen and oxygen atoms in total. The summed E-state index contributed by atoms with van der Waals surface area (Å²) in [5.41, 5.74) is 0. The van der Waals surface area contributed by atoms with Crippen molar-refractivity contribution in [1.29, 1.82) is 0 Å². The molecule has 0 unspecified atom stereocenters. The van der Waals surface area contributed by atoms with Crippen molar-refractivity contribution in [2.75, 3.05) is 13.2 Å². The Balaban J connectivity index is 3.74. The number of hydrogen-bond donors (Lipinski definition) is 0. The highest BCUT2D eigenvalue weighted by Crippen LogP contribution is 2.56. The Morgan fingerprint density at radius 2 is 1.38 bits per heavy atom. The molecule has 0 fully saturated rings. The van der Waals surface area contributed by atoms with Gasteiger partial charge in [0.25, 0.3) is 12.9 Å². The molecular weight excluding hydrogens is 283 g/mol. The van der Waals surface area contributed by atoms with Crippen molar-refractivity contribution < 1.29 is 31.2 Å². The molecule has 0 bridgehead atoms. The second-order valence-corrected chi connectivity index (χ2v) is 5.79. The highest BCUT2D eigenvalue weighted by molar-refractivity contribution is 9.39. The third-order valence-corrected chi connectivity index (χ3v) is 2.85. The summed E-state index contributed by atoms with van der Waals surface area (Å²) in [6, 6.07) is 0. The van der Waals surface area contributed by atoms with E-state index >= 15 is 0 Å². The minimum absolute atomic E-state index is 1.13. The molecule has 13 heavy (non-hydrogen) atoms. The predicted molar refractivity (Wildman–Crippen MR) is 40.4 cm³/mol. The highest BCUT2D eigenvalue weighted by Gasteiger charge is 2.23. The van der Waals surface area contributed by atoms with E-state index in [2.05, 4.69) is 24.5 Å². The fourth-order valence-electron chi connectivity index (χ4n) is 0.328. The van der Waals surface area contributed by atoms with Gasteiger partial charge in [-0.2, -0.15) is 0 Å². The zero-order valence-corrected chi connectivity index (χ0v) is 8.61. The van der Waals surface area contributed by atoms with Crippen LogP contribution in [0.5, 0.6) is 0 Å². The van der Waals surface area contributed by atoms with Gasteiger partial charge in [0.1, 0.15) is 13.2 Å². The van der Waals surface area contributed by atoms with Crippen LogP contribution < -0.4 is 0 Å². The molecule has 9 heteroatoms. The number of hydrogen-bond acceptors (Lipinski definition) is 3. The first-order valence-corrected chi connectivity index (χ1v) is 6.54. The van der Waals surface area contributed by atoms with Crippen molar-refractivity contribution in [1.82, 2.24) is 0 Å². The molecule has 0 aromatic heterocycles. The molecule has 0 saturated heterocycles. The summed E-state index contributed by atoms with van der Waals surface area (Å²) in [5, 5.41) is 0. The summed E-state index contributed by atoms with van der Waals surface area (Å²) in [6.45, 7) is -2.27. The number of halogens is 5. The Labute approximate surface area is 79.7 Å². The van der Waals surface area contributed by atoms with Crippen LogP contribution in [0.4, 0.5) is 17.6 Å². The zero-order valence-electron chi connectivity index (χ0n) is 6.13. The lowest BCUT2D eigenvalue weighted by Gasteiger charge is -2.11. The summed E-state index contributed by atoms with van der Waals surface area (Å²) >= 11 is 2.28. The van der Waals surface area contributed by atoms with Crippen molar-refractivity contribution in [2.45, 2.75) is 12.9 Å². The lowest BCUT2D eigenvalue weighted by molar-refractivity contribution is 0.0521. The molecule has 80 valence electrons. The minimum atomic E-state index is -3.95. The summed E-state index contributed by atoms with van der Waals surface area (Å²) in [4.78, 5) is 0. The fourth-order valence-corrected chi connectivity index (χ4v) is 1.69. The van der Waals surface area contributed by atoms with Crippen molar-refractivity contribution in [3.8, 4) is 0 Å². The van der Waals surface area contributed by atoms with Gasteiger partial charge in [-0.3, -0.25) is 9.05 Å². The molecule has 0 radical (unpaired) electrons. The maximum atomic E-state index is 11.5. The van der Waals surface area contributed by atoms with Gasteiger partial charge < -0.3 is 0 Å². The van der Waals surface area contributed by atoms with Gasteiger partial charge in [-0.1, -0.05) is 0 Å². The van der Waals surface area contributed by atoms with Crippen molar-refractivity contribution in [3.05, 3.63) is 0 Å². The normalized spacial score (nSPS) is 12.8. The minimum Gasteiger partial charge on any atom is -0.295 e. The molecule has 0 N–H and O–H groups in total. The van der Waals surface area contributed by atoms with Crippen molar-refractivity contribution in [2.24, 2.45) is 0 Å². The van der Waals surface area contributed by atoms with Crippen LogP contribution in [0.2, 0.25) is 0 Å². The Bertz CT molecular complexity index is 174. The quantitative estimate of drug-likeness (QED) is 0.557. The van der Waals surface area contributed by atoms with Crippen molar-refractivity contribution in [3.63, 3.8) is 0 Å². The topological polar surface area (TPSA) is 35.5 Å². The first-order valence-electron chi connectivity index (χ1n) is 2.98. The fraction of sp³-hybridized carbons (Fsp3) is 1.00. The van der Waals surface area contributed by atoms with Crippen molar-refractivity contribution >= 4 is 21.8 Å². The molecule has 0 spiro atoms. The summed E-state index contributed by atoms with van der Waals surface area (Å²) in [6.07, 6.45) is -9.61. The summed E-state index contributed by atoms with van der Waals surface area (Å²) in [5.74, 6) is 0. The molecule has 0 heterocycles. The molecule has 0 saturated carbocycles. The first kappa shape index (κ1) is 13.4. The monoisotopic (exact) mass is 288 g/mol. The van der Waals surface area contributed by atoms with Gasteiger partial charge in [0, 0.05) is 15.5 Å². The number of alkyl halides is 4. The molecule has 0 aliphatic rings. The Morgan fingerprint density at radius 1 is 1.08 bits per heavy atom. The van der Waals surface area contributed by atoms with E-state index in [1.807, 2.05) is 0 Å². The van der Waals surface area contributed by atoms with Gasteiger partial charge >= 0.3 is 6.30 Å². The van der Waals surface area contributed by atoms with Crippen LogP contribution in [0.3, 0.4) is 0 Å². The van der Waals surface area contributed by atoms with E-state index < -0.39 is 32.4 Å². The standard InChI is InChI=1S/C4H6BrF4O3P/c5-13(10,11-1-3(6)7)12-2-4(8)9/h3-4H,1-2H2. The smallest absolute Gasteiger partial charge is 0.295 e. The second kappa shape index (κ2) is 5.95. The van der Waals surface area contributed by atoms with E-state index in [-0.39, 0.29) is 0 Å². The molecule has 0 aromatic rings. The van der Waals surface area contributed by atoms with E-state index in [0.717, 1.165) is 0 Å². The molecule has 0 aliphatic carbocycles. The van der Waals surface area contributed by atoms with E-state index in [1.165, 1.54) is 0 Å². The zero-order chi connectivity index (χ0) is 10.5. The summed E-state index contributed by atoms with van der Waals surface area (Å²) in [7, 11) is 0. The van der Waals surface area contributed by atoms with E-state index in [9.17, 15) is 22.1 Å². The largest absolute Gasteiger partial charge is 0.396 e. The third kappa shape index (κ3) is 8.67.